The lowest BCUT2D eigenvalue weighted by Crippen LogP contribution is -2.38. The highest BCUT2D eigenvalue weighted by Gasteiger charge is 2.56. The van der Waals surface area contributed by atoms with Crippen LogP contribution in [0.5, 0.6) is 5.06 Å². The van der Waals surface area contributed by atoms with Gasteiger partial charge in [-0.15, -0.1) is 11.3 Å². The number of anilines is 2. The molecule has 0 radical (unpaired) electrons. The minimum absolute atomic E-state index is 0.238. The van der Waals surface area contributed by atoms with E-state index in [1.165, 1.54) is 34.4 Å². The summed E-state index contributed by atoms with van der Waals surface area (Å²) < 4.78 is 64.8. The van der Waals surface area contributed by atoms with Crippen LogP contribution in [0.4, 0.5) is 33.7 Å². The molecule has 6 nitrogen and oxygen atoms in total. The quantitative estimate of drug-likeness (QED) is 0.318. The molecule has 3 fully saturated rings. The van der Waals surface area contributed by atoms with Crippen LogP contribution >= 0.6 is 11.3 Å². The van der Waals surface area contributed by atoms with E-state index in [1.807, 2.05) is 10.3 Å². The first kappa shape index (κ1) is 27.0. The Morgan fingerprint density at radius 2 is 1.77 bits per heavy atom. The van der Waals surface area contributed by atoms with Crippen molar-refractivity contribution >= 4 is 28.8 Å². The van der Waals surface area contributed by atoms with Crippen molar-refractivity contribution in [1.82, 2.24) is 4.90 Å². The minimum Gasteiger partial charge on any atom is -0.399 e. The van der Waals surface area contributed by atoms with E-state index in [4.69, 9.17) is 9.47 Å². The van der Waals surface area contributed by atoms with Gasteiger partial charge in [-0.2, -0.15) is 13.2 Å². The monoisotopic (exact) mass is 575 g/mol. The van der Waals surface area contributed by atoms with Crippen LogP contribution in [0.3, 0.4) is 0 Å². The Kier molecular flexibility index (Phi) is 7.45. The van der Waals surface area contributed by atoms with Gasteiger partial charge in [-0.25, -0.2) is 9.18 Å². The Morgan fingerprint density at radius 3 is 2.40 bits per heavy atom. The van der Waals surface area contributed by atoms with Crippen LogP contribution in [-0.4, -0.2) is 56.9 Å². The lowest BCUT2D eigenvalue weighted by Gasteiger charge is -2.30. The van der Waals surface area contributed by atoms with E-state index in [2.05, 4.69) is 4.90 Å². The Bertz CT molecular complexity index is 1320. The Labute approximate surface area is 233 Å². The van der Waals surface area contributed by atoms with Crippen molar-refractivity contribution in [1.29, 1.82) is 0 Å². The number of fused-ring (bicyclic) bond motifs is 1. The van der Waals surface area contributed by atoms with E-state index in [0.717, 1.165) is 30.8 Å². The van der Waals surface area contributed by atoms with Crippen LogP contribution in [0.1, 0.15) is 11.1 Å². The summed E-state index contributed by atoms with van der Waals surface area (Å²) in [6.07, 6.45) is -4.89. The molecule has 11 heteroatoms. The van der Waals surface area contributed by atoms with Gasteiger partial charge in [-0.1, -0.05) is 12.1 Å². The first-order chi connectivity index (χ1) is 19.3. The highest BCUT2D eigenvalue weighted by Crippen LogP contribution is 2.52. The highest BCUT2D eigenvalue weighted by atomic mass is 32.1. The molecule has 2 saturated heterocycles. The van der Waals surface area contributed by atoms with Crippen LogP contribution in [0.2, 0.25) is 0 Å². The molecular weight excluding hydrogens is 546 g/mol. The molecule has 212 valence electrons. The molecule has 1 aliphatic carbocycles. The van der Waals surface area contributed by atoms with E-state index in [-0.39, 0.29) is 5.92 Å². The molecule has 1 saturated carbocycles. The summed E-state index contributed by atoms with van der Waals surface area (Å²) in [5.74, 6) is 0.571. The number of morpholine rings is 1. The molecule has 40 heavy (non-hydrogen) atoms. The number of carbonyl (C=O) groups excluding carboxylic acids is 1. The molecule has 2 aliphatic heterocycles. The van der Waals surface area contributed by atoms with Crippen molar-refractivity contribution in [3.8, 4) is 5.06 Å². The van der Waals surface area contributed by atoms with Gasteiger partial charge in [-0.3, -0.25) is 9.80 Å². The fourth-order valence-electron chi connectivity index (χ4n) is 5.88. The van der Waals surface area contributed by atoms with Gasteiger partial charge in [0.25, 0.3) is 0 Å². The average molecular weight is 576 g/mol. The van der Waals surface area contributed by atoms with Gasteiger partial charge in [0.2, 0.25) is 0 Å². The second-order valence-electron chi connectivity index (χ2n) is 10.5. The number of nitrogens with zero attached hydrogens (tertiary/aromatic N) is 3. The summed E-state index contributed by atoms with van der Waals surface area (Å²) in [7, 11) is 0. The van der Waals surface area contributed by atoms with Crippen molar-refractivity contribution in [3.05, 3.63) is 76.9 Å². The molecular formula is C29H29F4N3O3S. The summed E-state index contributed by atoms with van der Waals surface area (Å²) >= 11 is 1.31. The van der Waals surface area contributed by atoms with E-state index in [9.17, 15) is 18.0 Å². The van der Waals surface area contributed by atoms with Gasteiger partial charge in [0, 0.05) is 39.3 Å². The SMILES string of the molecule is O=C(Oc1cccs1)N(CC1C2CN(Cc3ccc(C(F)(F)F)cc3)CC21)c1ccc(N2CCOCC2)c(F)c1. The zero-order chi connectivity index (χ0) is 27.9. The van der Waals surface area contributed by atoms with E-state index >= 15 is 4.39 Å². The molecule has 2 aromatic carbocycles. The highest BCUT2D eigenvalue weighted by molar-refractivity contribution is 7.11. The smallest absolute Gasteiger partial charge is 0.399 e. The summed E-state index contributed by atoms with van der Waals surface area (Å²) in [6.45, 7) is 4.88. The van der Waals surface area contributed by atoms with E-state index in [1.54, 1.807) is 24.3 Å². The normalized spacial score (nSPS) is 22.7. The molecule has 3 aromatic rings. The largest absolute Gasteiger partial charge is 0.420 e. The minimum atomic E-state index is -4.34. The fourth-order valence-corrected chi connectivity index (χ4v) is 6.45. The molecule has 0 bridgehead atoms. The number of hydrogen-bond acceptors (Lipinski definition) is 6. The van der Waals surface area contributed by atoms with Crippen LogP contribution in [-0.2, 0) is 17.5 Å². The third-order valence-corrected chi connectivity index (χ3v) is 8.77. The Hall–Kier alpha value is -3.15. The summed E-state index contributed by atoms with van der Waals surface area (Å²) in [5.41, 5.74) is 1.12. The first-order valence-corrected chi connectivity index (χ1v) is 14.2. The fraction of sp³-hybridized carbons (Fsp3) is 0.414. The number of benzene rings is 2. The average Bonchev–Trinajstić information content (AvgIpc) is 3.28. The second kappa shape index (κ2) is 11.0. The zero-order valence-corrected chi connectivity index (χ0v) is 22.5. The Balaban J connectivity index is 1.12. The molecule has 1 aromatic heterocycles. The summed E-state index contributed by atoms with van der Waals surface area (Å²) in [5, 5.41) is 2.29. The van der Waals surface area contributed by atoms with Crippen molar-refractivity contribution in [3.63, 3.8) is 0 Å². The van der Waals surface area contributed by atoms with E-state index < -0.39 is 23.7 Å². The number of halogens is 4. The zero-order valence-electron chi connectivity index (χ0n) is 21.6. The van der Waals surface area contributed by atoms with Gasteiger partial charge in [0.15, 0.2) is 5.06 Å². The van der Waals surface area contributed by atoms with Crippen LogP contribution in [0, 0.1) is 23.6 Å². The van der Waals surface area contributed by atoms with Crippen molar-refractivity contribution < 1.29 is 31.8 Å². The maximum absolute atomic E-state index is 15.2. The molecule has 3 aliphatic rings. The van der Waals surface area contributed by atoms with E-state index in [0.29, 0.717) is 67.7 Å². The molecule has 0 spiro atoms. The lowest BCUT2D eigenvalue weighted by atomic mass is 10.1. The van der Waals surface area contributed by atoms with Gasteiger partial charge >= 0.3 is 12.3 Å². The number of amides is 1. The van der Waals surface area contributed by atoms with Crippen molar-refractivity contribution in [2.45, 2.75) is 12.7 Å². The first-order valence-electron chi connectivity index (χ1n) is 13.3. The predicted molar refractivity (Wildman–Crippen MR) is 144 cm³/mol. The molecule has 0 N–H and O–H groups in total. The molecule has 2 atom stereocenters. The summed E-state index contributed by atoms with van der Waals surface area (Å²) in [6, 6.07) is 13.7. The number of piperidine rings is 1. The van der Waals surface area contributed by atoms with Crippen molar-refractivity contribution in [2.75, 3.05) is 55.7 Å². The topological polar surface area (TPSA) is 45.2 Å². The van der Waals surface area contributed by atoms with Crippen molar-refractivity contribution in [2.24, 2.45) is 17.8 Å². The lowest BCUT2D eigenvalue weighted by molar-refractivity contribution is -0.137. The third-order valence-electron chi connectivity index (χ3n) is 8.03. The maximum Gasteiger partial charge on any atom is 0.420 e. The van der Waals surface area contributed by atoms with Gasteiger partial charge < -0.3 is 14.4 Å². The van der Waals surface area contributed by atoms with Gasteiger partial charge in [-0.05, 0) is 71.2 Å². The van der Waals surface area contributed by atoms with Gasteiger partial charge in [0.1, 0.15) is 5.82 Å². The number of hydrogen-bond donors (Lipinski definition) is 0. The van der Waals surface area contributed by atoms with Crippen LogP contribution in [0.25, 0.3) is 0 Å². The standard InChI is InChI=1S/C29H29F4N3O3S/c30-25-14-21(7-8-26(25)35-9-11-38-12-10-35)36(28(37)39-27-2-1-13-40-27)18-24-22-16-34(17-23(22)24)15-19-3-5-20(6-4-19)29(31,32)33/h1-8,13-14,22-24H,9-12,15-18H2. The number of likely N-dealkylation sites (tertiary alicyclic amines) is 1. The maximum atomic E-state index is 15.2. The predicted octanol–water partition coefficient (Wildman–Crippen LogP) is 6.13. The Morgan fingerprint density at radius 1 is 1.05 bits per heavy atom. The van der Waals surface area contributed by atoms with Crippen LogP contribution < -0.4 is 14.5 Å². The van der Waals surface area contributed by atoms with Crippen LogP contribution in [0.15, 0.2) is 60.0 Å². The summed E-state index contributed by atoms with van der Waals surface area (Å²) in [4.78, 5) is 19.0. The molecule has 6 rings (SSSR count). The van der Waals surface area contributed by atoms with Gasteiger partial charge in [0.05, 0.1) is 30.2 Å². The number of alkyl halides is 3. The number of carbonyl (C=O) groups is 1. The second-order valence-corrected chi connectivity index (χ2v) is 11.4. The molecule has 1 amide bonds. The molecule has 3 heterocycles. The molecule has 2 unspecified atom stereocenters. The number of thiophene rings is 1. The third kappa shape index (κ3) is 5.82. The number of ether oxygens (including phenoxy) is 2. The number of rotatable bonds is 7.